The van der Waals surface area contributed by atoms with Gasteiger partial charge in [-0.3, -0.25) is 11.3 Å². The number of hydrogen-bond donors (Lipinski definition) is 2. The van der Waals surface area contributed by atoms with Crippen molar-refractivity contribution in [2.45, 2.75) is 62.8 Å². The van der Waals surface area contributed by atoms with E-state index in [0.29, 0.717) is 12.3 Å². The van der Waals surface area contributed by atoms with Crippen LogP contribution >= 0.6 is 11.3 Å². The summed E-state index contributed by atoms with van der Waals surface area (Å²) in [6.07, 6.45) is 4.93. The minimum absolute atomic E-state index is 0.0361. The van der Waals surface area contributed by atoms with Crippen LogP contribution in [0.3, 0.4) is 0 Å². The van der Waals surface area contributed by atoms with Crippen molar-refractivity contribution in [3.8, 4) is 0 Å². The van der Waals surface area contributed by atoms with Gasteiger partial charge in [-0.2, -0.15) is 0 Å². The van der Waals surface area contributed by atoms with Gasteiger partial charge in [0, 0.05) is 29.7 Å². The average Bonchev–Trinajstić information content (AvgIpc) is 3.01. The topological polar surface area (TPSA) is 38.0 Å². The van der Waals surface area contributed by atoms with Crippen LogP contribution in [0.5, 0.6) is 0 Å². The van der Waals surface area contributed by atoms with Crippen molar-refractivity contribution in [1.82, 2.24) is 5.43 Å². The Morgan fingerprint density at radius 2 is 2.30 bits per heavy atom. The Morgan fingerprint density at radius 1 is 1.45 bits per heavy atom. The summed E-state index contributed by atoms with van der Waals surface area (Å²) in [6, 6.07) is 2.32. The number of hydrazine groups is 1. The van der Waals surface area contributed by atoms with Crippen LogP contribution in [0.1, 0.15) is 54.9 Å². The molecule has 0 spiro atoms. The number of thiophene rings is 1. The quantitative estimate of drug-likeness (QED) is 0.655. The summed E-state index contributed by atoms with van der Waals surface area (Å²) in [5.74, 6) is 3.79. The molecule has 2 nitrogen and oxygen atoms in total. The molecule has 0 aromatic carbocycles. The van der Waals surface area contributed by atoms with E-state index in [9.17, 15) is 8.78 Å². The highest BCUT2D eigenvalue weighted by molar-refractivity contribution is 7.10. The largest absolute Gasteiger partial charge is 0.271 e. The third kappa shape index (κ3) is 2.90. The van der Waals surface area contributed by atoms with E-state index < -0.39 is 5.92 Å². The Kier molecular flexibility index (Phi) is 4.11. The molecule has 1 saturated carbocycles. The Bertz CT molecular complexity index is 460. The second-order valence-corrected chi connectivity index (χ2v) is 7.27. The molecular formula is C15H22F2N2S. The molecule has 0 radical (unpaired) electrons. The molecule has 0 aliphatic heterocycles. The van der Waals surface area contributed by atoms with Crippen molar-refractivity contribution >= 4 is 11.3 Å². The molecule has 0 bridgehead atoms. The van der Waals surface area contributed by atoms with Crippen molar-refractivity contribution < 1.29 is 8.78 Å². The molecule has 1 aromatic rings. The van der Waals surface area contributed by atoms with E-state index >= 15 is 0 Å². The predicted molar refractivity (Wildman–Crippen MR) is 78.0 cm³/mol. The molecule has 3 rings (SSSR count). The lowest BCUT2D eigenvalue weighted by atomic mass is 9.79. The summed E-state index contributed by atoms with van der Waals surface area (Å²) < 4.78 is 26.7. The van der Waals surface area contributed by atoms with E-state index in [4.69, 9.17) is 5.84 Å². The summed E-state index contributed by atoms with van der Waals surface area (Å²) in [4.78, 5) is 1.46. The van der Waals surface area contributed by atoms with Gasteiger partial charge in [-0.05, 0) is 55.0 Å². The minimum atomic E-state index is -2.45. The fraction of sp³-hybridized carbons (Fsp3) is 0.733. The highest BCUT2D eigenvalue weighted by atomic mass is 32.1. The number of hydrogen-bond acceptors (Lipinski definition) is 3. The lowest BCUT2D eigenvalue weighted by Crippen LogP contribution is -2.42. The van der Waals surface area contributed by atoms with Gasteiger partial charge in [0.2, 0.25) is 5.92 Å². The van der Waals surface area contributed by atoms with Crippen molar-refractivity contribution in [1.29, 1.82) is 0 Å². The lowest BCUT2D eigenvalue weighted by Gasteiger charge is -2.32. The molecule has 3 atom stereocenters. The van der Waals surface area contributed by atoms with Crippen molar-refractivity contribution in [3.05, 3.63) is 21.9 Å². The number of nitrogens with one attached hydrogen (secondary N) is 1. The third-order valence-electron chi connectivity index (χ3n) is 4.89. The predicted octanol–water partition coefficient (Wildman–Crippen LogP) is 3.83. The van der Waals surface area contributed by atoms with Crippen molar-refractivity contribution in [3.63, 3.8) is 0 Å². The highest BCUT2D eigenvalue weighted by Crippen LogP contribution is 2.44. The standard InChI is InChI=1S/C15H22F2N2S/c16-15(17)6-4-10(9-15)8-13(19-18)11-2-1-3-14-12(11)5-7-20-14/h5,7,10-11,13,19H,1-4,6,8-9,18H2. The molecule has 2 aliphatic carbocycles. The zero-order valence-corrected chi connectivity index (χ0v) is 12.4. The monoisotopic (exact) mass is 300 g/mol. The Balaban J connectivity index is 1.69. The summed E-state index contributed by atoms with van der Waals surface area (Å²) >= 11 is 1.81. The molecule has 2 aliphatic rings. The summed E-state index contributed by atoms with van der Waals surface area (Å²) in [5, 5.41) is 2.14. The van der Waals surface area contributed by atoms with Crippen molar-refractivity contribution in [2.75, 3.05) is 0 Å². The van der Waals surface area contributed by atoms with Gasteiger partial charge >= 0.3 is 0 Å². The fourth-order valence-electron chi connectivity index (χ4n) is 3.89. The minimum Gasteiger partial charge on any atom is -0.271 e. The van der Waals surface area contributed by atoms with Crippen LogP contribution in [-0.2, 0) is 6.42 Å². The van der Waals surface area contributed by atoms with Crippen LogP contribution in [0.15, 0.2) is 11.4 Å². The van der Waals surface area contributed by atoms with Crippen LogP contribution in [0.4, 0.5) is 8.78 Å². The SMILES string of the molecule is NNC(CC1CCC(F)(F)C1)C1CCCc2sccc21. The molecule has 20 heavy (non-hydrogen) atoms. The van der Waals surface area contributed by atoms with Crippen LogP contribution in [0.2, 0.25) is 0 Å². The van der Waals surface area contributed by atoms with Crippen LogP contribution in [-0.4, -0.2) is 12.0 Å². The van der Waals surface area contributed by atoms with Gasteiger partial charge in [0.25, 0.3) is 0 Å². The zero-order valence-electron chi connectivity index (χ0n) is 11.6. The van der Waals surface area contributed by atoms with Gasteiger partial charge in [-0.25, -0.2) is 8.78 Å². The summed E-state index contributed by atoms with van der Waals surface area (Å²) in [5.41, 5.74) is 4.31. The maximum Gasteiger partial charge on any atom is 0.248 e. The van der Waals surface area contributed by atoms with Gasteiger partial charge in [-0.15, -0.1) is 11.3 Å². The maximum absolute atomic E-state index is 13.3. The lowest BCUT2D eigenvalue weighted by molar-refractivity contribution is 0.00416. The van der Waals surface area contributed by atoms with Gasteiger partial charge in [0.1, 0.15) is 0 Å². The molecule has 0 amide bonds. The van der Waals surface area contributed by atoms with Gasteiger partial charge in [0.15, 0.2) is 0 Å². The summed E-state index contributed by atoms with van der Waals surface area (Å²) in [7, 11) is 0. The Morgan fingerprint density at radius 3 is 3.00 bits per heavy atom. The number of nitrogens with two attached hydrogens (primary N) is 1. The van der Waals surface area contributed by atoms with E-state index in [0.717, 1.165) is 19.3 Å². The molecular weight excluding hydrogens is 278 g/mol. The van der Waals surface area contributed by atoms with E-state index in [1.54, 1.807) is 0 Å². The van der Waals surface area contributed by atoms with E-state index in [2.05, 4.69) is 16.9 Å². The molecule has 3 unspecified atom stereocenters. The summed E-state index contributed by atoms with van der Waals surface area (Å²) in [6.45, 7) is 0. The Labute approximate surface area is 122 Å². The first kappa shape index (κ1) is 14.4. The van der Waals surface area contributed by atoms with Gasteiger partial charge in [-0.1, -0.05) is 0 Å². The first-order valence-electron chi connectivity index (χ1n) is 7.49. The highest BCUT2D eigenvalue weighted by Gasteiger charge is 2.41. The van der Waals surface area contributed by atoms with Crippen LogP contribution in [0.25, 0.3) is 0 Å². The molecule has 1 fully saturated rings. The number of aryl methyl sites for hydroxylation is 1. The molecule has 5 heteroatoms. The number of fused-ring (bicyclic) bond motifs is 1. The van der Waals surface area contributed by atoms with E-state index in [-0.39, 0.29) is 24.8 Å². The molecule has 112 valence electrons. The van der Waals surface area contributed by atoms with E-state index in [1.807, 2.05) is 11.3 Å². The van der Waals surface area contributed by atoms with Crippen LogP contribution < -0.4 is 11.3 Å². The first-order chi connectivity index (χ1) is 9.59. The Hall–Kier alpha value is -0.520. The first-order valence-corrected chi connectivity index (χ1v) is 8.37. The second kappa shape index (κ2) is 5.70. The van der Waals surface area contributed by atoms with E-state index in [1.165, 1.54) is 16.9 Å². The molecule has 1 aromatic heterocycles. The normalized spacial score (nSPS) is 30.1. The van der Waals surface area contributed by atoms with Gasteiger partial charge < -0.3 is 0 Å². The number of alkyl halides is 2. The second-order valence-electron chi connectivity index (χ2n) is 6.27. The number of rotatable bonds is 4. The number of halogens is 2. The average molecular weight is 300 g/mol. The van der Waals surface area contributed by atoms with Crippen molar-refractivity contribution in [2.24, 2.45) is 11.8 Å². The molecule has 0 saturated heterocycles. The molecule has 3 N–H and O–H groups in total. The smallest absolute Gasteiger partial charge is 0.248 e. The maximum atomic E-state index is 13.3. The molecule has 1 heterocycles. The zero-order chi connectivity index (χ0) is 14.2. The third-order valence-corrected chi connectivity index (χ3v) is 5.89. The van der Waals surface area contributed by atoms with Gasteiger partial charge in [0.05, 0.1) is 0 Å². The fourth-order valence-corrected chi connectivity index (χ4v) is 4.89. The van der Waals surface area contributed by atoms with Crippen LogP contribution in [0, 0.1) is 5.92 Å².